The molecule has 1 aliphatic heterocycles. The standard InChI is InChI=1S/C23H32N4O5S/c1-3-16-33(29,30)26-14-12-25(13-15-26)21-17-24-27(18-8-10-19(31-2)11-9-18)23(28)22(21)32-20-6-4-5-7-20/h8-11,17,20H,3-7,12-16H2,1-2H3. The van der Waals surface area contributed by atoms with E-state index < -0.39 is 10.0 Å². The highest BCUT2D eigenvalue weighted by atomic mass is 32.2. The molecule has 0 amide bonds. The molecule has 1 aromatic carbocycles. The average Bonchev–Trinajstić information content (AvgIpc) is 3.34. The van der Waals surface area contributed by atoms with E-state index in [9.17, 15) is 13.2 Å². The zero-order valence-corrected chi connectivity index (χ0v) is 20.1. The summed E-state index contributed by atoms with van der Waals surface area (Å²) in [6.45, 7) is 3.60. The highest BCUT2D eigenvalue weighted by Gasteiger charge is 2.30. The predicted molar refractivity (Wildman–Crippen MR) is 127 cm³/mol. The summed E-state index contributed by atoms with van der Waals surface area (Å²) in [5.41, 5.74) is 0.939. The molecule has 0 unspecified atom stereocenters. The Hall–Kier alpha value is -2.59. The molecule has 0 radical (unpaired) electrons. The number of piperazine rings is 1. The number of ether oxygens (including phenoxy) is 2. The molecule has 1 aliphatic carbocycles. The van der Waals surface area contributed by atoms with Crippen LogP contribution in [-0.2, 0) is 10.0 Å². The Bertz CT molecular complexity index is 1100. The van der Waals surface area contributed by atoms with Crippen LogP contribution in [-0.4, -0.2) is 67.6 Å². The molecule has 0 spiro atoms. The van der Waals surface area contributed by atoms with Crippen LogP contribution in [0.2, 0.25) is 0 Å². The predicted octanol–water partition coefficient (Wildman–Crippen LogP) is 2.42. The third kappa shape index (κ3) is 5.16. The molecule has 2 fully saturated rings. The monoisotopic (exact) mass is 476 g/mol. The van der Waals surface area contributed by atoms with Crippen molar-refractivity contribution < 1.29 is 17.9 Å². The van der Waals surface area contributed by atoms with E-state index in [0.717, 1.165) is 25.7 Å². The minimum absolute atomic E-state index is 0.00869. The van der Waals surface area contributed by atoms with Crippen LogP contribution in [0.1, 0.15) is 39.0 Å². The van der Waals surface area contributed by atoms with Gasteiger partial charge in [-0.15, -0.1) is 0 Å². The van der Waals surface area contributed by atoms with Gasteiger partial charge < -0.3 is 14.4 Å². The van der Waals surface area contributed by atoms with Gasteiger partial charge in [0, 0.05) is 26.2 Å². The number of nitrogens with zero attached hydrogens (tertiary/aromatic N) is 4. The molecule has 2 aliphatic rings. The van der Waals surface area contributed by atoms with E-state index in [2.05, 4.69) is 5.10 Å². The minimum Gasteiger partial charge on any atom is -0.497 e. The quantitative estimate of drug-likeness (QED) is 0.578. The Morgan fingerprint density at radius 3 is 2.33 bits per heavy atom. The first-order chi connectivity index (χ1) is 15.9. The minimum atomic E-state index is -3.24. The van der Waals surface area contributed by atoms with E-state index >= 15 is 0 Å². The van der Waals surface area contributed by atoms with Crippen LogP contribution in [0.3, 0.4) is 0 Å². The van der Waals surface area contributed by atoms with Crippen LogP contribution < -0.4 is 19.9 Å². The van der Waals surface area contributed by atoms with Crippen molar-refractivity contribution in [3.05, 3.63) is 40.8 Å². The number of methoxy groups -OCH3 is 1. The average molecular weight is 477 g/mol. The summed E-state index contributed by atoms with van der Waals surface area (Å²) in [5.74, 6) is 1.14. The maximum absolute atomic E-state index is 13.5. The highest BCUT2D eigenvalue weighted by Crippen LogP contribution is 2.30. The first-order valence-corrected chi connectivity index (χ1v) is 13.2. The lowest BCUT2D eigenvalue weighted by Crippen LogP contribution is -2.49. The Labute approximate surface area is 195 Å². The molecule has 0 bridgehead atoms. The van der Waals surface area contributed by atoms with Crippen molar-refractivity contribution >= 4 is 15.7 Å². The zero-order chi connectivity index (χ0) is 23.4. The number of sulfonamides is 1. The third-order valence-electron chi connectivity index (χ3n) is 6.25. The van der Waals surface area contributed by atoms with Crippen molar-refractivity contribution in [2.45, 2.75) is 45.1 Å². The van der Waals surface area contributed by atoms with E-state index in [0.29, 0.717) is 49.7 Å². The van der Waals surface area contributed by atoms with Crippen molar-refractivity contribution in [2.24, 2.45) is 0 Å². The smallest absolute Gasteiger partial charge is 0.316 e. The second-order valence-corrected chi connectivity index (χ2v) is 10.6. The number of rotatable bonds is 8. The fourth-order valence-corrected chi connectivity index (χ4v) is 5.93. The van der Waals surface area contributed by atoms with E-state index in [-0.39, 0.29) is 23.2 Å². The maximum atomic E-state index is 13.5. The summed E-state index contributed by atoms with van der Waals surface area (Å²) < 4.78 is 39.2. The van der Waals surface area contributed by atoms with Gasteiger partial charge in [-0.25, -0.2) is 8.42 Å². The first-order valence-electron chi connectivity index (χ1n) is 11.6. The van der Waals surface area contributed by atoms with Crippen LogP contribution in [0, 0.1) is 0 Å². The molecular formula is C23H32N4O5S. The number of hydrogen-bond donors (Lipinski definition) is 0. The van der Waals surface area contributed by atoms with Gasteiger partial charge in [-0.2, -0.15) is 14.1 Å². The van der Waals surface area contributed by atoms with Crippen molar-refractivity contribution in [1.29, 1.82) is 0 Å². The number of hydrogen-bond acceptors (Lipinski definition) is 7. The van der Waals surface area contributed by atoms with Gasteiger partial charge >= 0.3 is 5.56 Å². The molecule has 0 N–H and O–H groups in total. The molecule has 10 heteroatoms. The second kappa shape index (κ2) is 10.1. The van der Waals surface area contributed by atoms with Gasteiger partial charge in [0.15, 0.2) is 0 Å². The van der Waals surface area contributed by atoms with Crippen molar-refractivity contribution in [1.82, 2.24) is 14.1 Å². The van der Waals surface area contributed by atoms with E-state index in [1.807, 2.05) is 11.8 Å². The summed E-state index contributed by atoms with van der Waals surface area (Å²) in [5, 5.41) is 4.42. The molecule has 1 saturated carbocycles. The summed E-state index contributed by atoms with van der Waals surface area (Å²) >= 11 is 0. The summed E-state index contributed by atoms with van der Waals surface area (Å²) in [6, 6.07) is 7.13. The van der Waals surface area contributed by atoms with Crippen molar-refractivity contribution in [3.8, 4) is 17.2 Å². The van der Waals surface area contributed by atoms with Crippen LogP contribution in [0.5, 0.6) is 11.5 Å². The normalized spacial score (nSPS) is 17.9. The molecule has 1 saturated heterocycles. The molecule has 33 heavy (non-hydrogen) atoms. The van der Waals surface area contributed by atoms with Crippen LogP contribution in [0.4, 0.5) is 5.69 Å². The number of aromatic nitrogens is 2. The molecule has 9 nitrogen and oxygen atoms in total. The SMILES string of the molecule is CCCS(=O)(=O)N1CCN(c2cnn(-c3ccc(OC)cc3)c(=O)c2OC2CCCC2)CC1. The van der Waals surface area contributed by atoms with Gasteiger partial charge in [0.05, 0.1) is 30.9 Å². The summed E-state index contributed by atoms with van der Waals surface area (Å²) in [4.78, 5) is 15.5. The Morgan fingerprint density at radius 2 is 1.73 bits per heavy atom. The van der Waals surface area contributed by atoms with E-state index in [1.165, 1.54) is 8.99 Å². The van der Waals surface area contributed by atoms with Crippen molar-refractivity contribution in [2.75, 3.05) is 43.9 Å². The van der Waals surface area contributed by atoms with Gasteiger partial charge in [-0.05, 0) is 56.4 Å². The van der Waals surface area contributed by atoms with Crippen molar-refractivity contribution in [3.63, 3.8) is 0 Å². The van der Waals surface area contributed by atoms with Crippen LogP contribution in [0.15, 0.2) is 35.3 Å². The summed E-state index contributed by atoms with van der Waals surface area (Å²) in [7, 11) is -1.65. The lowest BCUT2D eigenvalue weighted by Gasteiger charge is -2.36. The van der Waals surface area contributed by atoms with Gasteiger partial charge in [0.2, 0.25) is 15.8 Å². The lowest BCUT2D eigenvalue weighted by molar-refractivity contribution is 0.205. The van der Waals surface area contributed by atoms with E-state index in [1.54, 1.807) is 37.6 Å². The molecule has 4 rings (SSSR count). The fraction of sp³-hybridized carbons (Fsp3) is 0.565. The van der Waals surface area contributed by atoms with Gasteiger partial charge in [-0.1, -0.05) is 6.92 Å². The molecule has 2 aromatic rings. The first kappa shape index (κ1) is 23.6. The zero-order valence-electron chi connectivity index (χ0n) is 19.3. The molecule has 2 heterocycles. The highest BCUT2D eigenvalue weighted by molar-refractivity contribution is 7.89. The van der Waals surface area contributed by atoms with Crippen LogP contribution >= 0.6 is 0 Å². The van der Waals surface area contributed by atoms with Crippen LogP contribution in [0.25, 0.3) is 5.69 Å². The molecular weight excluding hydrogens is 444 g/mol. The Kier molecular flexibility index (Phi) is 7.23. The van der Waals surface area contributed by atoms with E-state index in [4.69, 9.17) is 9.47 Å². The summed E-state index contributed by atoms with van der Waals surface area (Å²) in [6.07, 6.45) is 6.29. The number of anilines is 1. The van der Waals surface area contributed by atoms with Gasteiger partial charge in [0.25, 0.3) is 0 Å². The number of benzene rings is 1. The molecule has 0 atom stereocenters. The topological polar surface area (TPSA) is 94.0 Å². The molecule has 1 aromatic heterocycles. The van der Waals surface area contributed by atoms with Gasteiger partial charge in [-0.3, -0.25) is 4.79 Å². The molecule has 180 valence electrons. The Balaban J connectivity index is 1.63. The second-order valence-electron chi connectivity index (χ2n) is 8.50. The fourth-order valence-electron chi connectivity index (χ4n) is 4.44. The Morgan fingerprint density at radius 1 is 1.06 bits per heavy atom. The third-order valence-corrected chi connectivity index (χ3v) is 8.33. The lowest BCUT2D eigenvalue weighted by atomic mass is 10.2. The largest absolute Gasteiger partial charge is 0.497 e. The van der Waals surface area contributed by atoms with Gasteiger partial charge in [0.1, 0.15) is 11.4 Å². The maximum Gasteiger partial charge on any atom is 0.316 e.